The van der Waals surface area contributed by atoms with E-state index in [0.717, 1.165) is 11.3 Å². The van der Waals surface area contributed by atoms with Crippen molar-refractivity contribution in [2.75, 3.05) is 11.9 Å². The highest BCUT2D eigenvalue weighted by molar-refractivity contribution is 7.90. The van der Waals surface area contributed by atoms with Crippen LogP contribution in [0.2, 0.25) is 0 Å². The van der Waals surface area contributed by atoms with Crippen molar-refractivity contribution in [2.24, 2.45) is 0 Å². The molecule has 0 heterocycles. The summed E-state index contributed by atoms with van der Waals surface area (Å²) in [7, 11) is -3.46. The Morgan fingerprint density at radius 3 is 2.10 bits per heavy atom. The number of rotatable bonds is 7. The van der Waals surface area contributed by atoms with Gasteiger partial charge < -0.3 is 5.32 Å². The van der Waals surface area contributed by atoms with E-state index in [4.69, 9.17) is 0 Å². The molecule has 3 aromatic rings. The third kappa shape index (κ3) is 6.42. The fourth-order valence-electron chi connectivity index (χ4n) is 2.78. The summed E-state index contributed by atoms with van der Waals surface area (Å²) in [6.07, 6.45) is 0. The van der Waals surface area contributed by atoms with Crippen LogP contribution >= 0.6 is 0 Å². The van der Waals surface area contributed by atoms with E-state index >= 15 is 0 Å². The molecule has 0 bridgehead atoms. The third-order valence-corrected chi connectivity index (χ3v) is 6.20. The number of hydrogen-bond donors (Lipinski definition) is 3. The van der Waals surface area contributed by atoms with E-state index in [2.05, 4.69) is 16.2 Å². The Morgan fingerprint density at radius 2 is 1.45 bits per heavy atom. The first-order chi connectivity index (χ1) is 14.8. The van der Waals surface area contributed by atoms with Crippen LogP contribution in [0, 0.1) is 6.92 Å². The summed E-state index contributed by atoms with van der Waals surface area (Å²) in [5.41, 5.74) is 7.46. The second-order valence-electron chi connectivity index (χ2n) is 6.99. The van der Waals surface area contributed by atoms with Crippen molar-refractivity contribution in [2.45, 2.75) is 17.6 Å². The first-order valence-corrected chi connectivity index (χ1v) is 11.3. The van der Waals surface area contributed by atoms with E-state index in [1.54, 1.807) is 42.5 Å². The second kappa shape index (κ2) is 9.90. The maximum atomic E-state index is 12.4. The van der Waals surface area contributed by atoms with E-state index in [1.165, 1.54) is 12.1 Å². The molecular weight excluding hydrogens is 414 g/mol. The molecule has 31 heavy (non-hydrogen) atoms. The maximum Gasteiger partial charge on any atom is 0.269 e. The maximum absolute atomic E-state index is 12.4. The normalized spacial score (nSPS) is 10.9. The Kier molecular flexibility index (Phi) is 7.04. The van der Waals surface area contributed by atoms with E-state index < -0.39 is 21.7 Å². The lowest BCUT2D eigenvalue weighted by Crippen LogP contribution is -2.44. The number of hydrazine groups is 1. The molecular formula is C23H23N3O4S. The fourth-order valence-corrected chi connectivity index (χ4v) is 4.15. The molecule has 160 valence electrons. The van der Waals surface area contributed by atoms with Gasteiger partial charge in [-0.1, -0.05) is 48.0 Å². The number of carbonyl (C=O) groups is 2. The molecule has 2 amide bonds. The van der Waals surface area contributed by atoms with Gasteiger partial charge in [-0.2, -0.15) is 0 Å². The molecule has 0 saturated carbocycles. The SMILES string of the molecule is Cc1ccc(NCC(=O)NNC(=O)c2ccc(CS(=O)(=O)c3ccccc3)cc2)cc1. The summed E-state index contributed by atoms with van der Waals surface area (Å²) < 4.78 is 24.9. The number of hydrogen-bond acceptors (Lipinski definition) is 5. The quantitative estimate of drug-likeness (QED) is 0.493. The summed E-state index contributed by atoms with van der Waals surface area (Å²) in [6, 6.07) is 22.0. The zero-order valence-electron chi connectivity index (χ0n) is 17.0. The van der Waals surface area contributed by atoms with Crippen LogP contribution in [0.3, 0.4) is 0 Å². The molecule has 0 aliphatic rings. The van der Waals surface area contributed by atoms with Crippen molar-refractivity contribution < 1.29 is 18.0 Å². The molecule has 0 aliphatic carbocycles. The molecule has 0 aliphatic heterocycles. The number of aryl methyl sites for hydroxylation is 1. The number of anilines is 1. The van der Waals surface area contributed by atoms with Gasteiger partial charge in [-0.15, -0.1) is 0 Å². The Bertz CT molecular complexity index is 1140. The van der Waals surface area contributed by atoms with E-state index in [0.29, 0.717) is 11.1 Å². The zero-order valence-corrected chi connectivity index (χ0v) is 17.8. The predicted octanol–water partition coefficient (Wildman–Crippen LogP) is 2.84. The average Bonchev–Trinajstić information content (AvgIpc) is 2.78. The Labute approximate surface area is 181 Å². The minimum Gasteiger partial charge on any atom is -0.376 e. The van der Waals surface area contributed by atoms with E-state index in [9.17, 15) is 18.0 Å². The van der Waals surface area contributed by atoms with Crippen LogP contribution < -0.4 is 16.2 Å². The van der Waals surface area contributed by atoms with Crippen molar-refractivity contribution in [3.05, 3.63) is 95.6 Å². The van der Waals surface area contributed by atoms with Crippen LogP contribution in [0.15, 0.2) is 83.8 Å². The van der Waals surface area contributed by atoms with Gasteiger partial charge in [-0.3, -0.25) is 20.4 Å². The lowest BCUT2D eigenvalue weighted by atomic mass is 10.1. The molecule has 3 N–H and O–H groups in total. The average molecular weight is 438 g/mol. The van der Waals surface area contributed by atoms with Crippen LogP contribution in [0.4, 0.5) is 5.69 Å². The molecule has 0 radical (unpaired) electrons. The minimum atomic E-state index is -3.46. The lowest BCUT2D eigenvalue weighted by Gasteiger charge is -2.10. The van der Waals surface area contributed by atoms with Crippen LogP contribution in [0.1, 0.15) is 21.5 Å². The third-order valence-electron chi connectivity index (χ3n) is 4.50. The van der Waals surface area contributed by atoms with Crippen molar-refractivity contribution in [1.82, 2.24) is 10.9 Å². The molecule has 3 aromatic carbocycles. The van der Waals surface area contributed by atoms with Crippen LogP contribution in [0.25, 0.3) is 0 Å². The Hall–Kier alpha value is -3.65. The van der Waals surface area contributed by atoms with Gasteiger partial charge in [-0.25, -0.2) is 8.42 Å². The molecule has 0 unspecified atom stereocenters. The topological polar surface area (TPSA) is 104 Å². The van der Waals surface area contributed by atoms with Gasteiger partial charge in [0.1, 0.15) is 0 Å². The van der Waals surface area contributed by atoms with Crippen molar-refractivity contribution in [1.29, 1.82) is 0 Å². The van der Waals surface area contributed by atoms with E-state index in [1.807, 2.05) is 31.2 Å². The molecule has 7 nitrogen and oxygen atoms in total. The first-order valence-electron chi connectivity index (χ1n) is 9.60. The molecule has 0 spiro atoms. The van der Waals surface area contributed by atoms with Gasteiger partial charge in [0.25, 0.3) is 11.8 Å². The van der Waals surface area contributed by atoms with Crippen molar-refractivity contribution >= 4 is 27.3 Å². The highest BCUT2D eigenvalue weighted by atomic mass is 32.2. The molecule has 0 saturated heterocycles. The monoisotopic (exact) mass is 437 g/mol. The number of carbonyl (C=O) groups excluding carboxylic acids is 2. The Morgan fingerprint density at radius 1 is 0.806 bits per heavy atom. The van der Waals surface area contributed by atoms with Crippen LogP contribution in [-0.4, -0.2) is 26.8 Å². The van der Waals surface area contributed by atoms with Gasteiger partial charge in [0.05, 0.1) is 17.2 Å². The van der Waals surface area contributed by atoms with Crippen LogP contribution in [-0.2, 0) is 20.4 Å². The van der Waals surface area contributed by atoms with Gasteiger partial charge in [0.2, 0.25) is 0 Å². The number of amides is 2. The van der Waals surface area contributed by atoms with Gasteiger partial charge in [0, 0.05) is 11.3 Å². The molecule has 0 aromatic heterocycles. The first kappa shape index (κ1) is 22.0. The number of benzene rings is 3. The lowest BCUT2D eigenvalue weighted by molar-refractivity contribution is -0.120. The summed E-state index contributed by atoms with van der Waals surface area (Å²) in [5, 5.41) is 2.96. The number of nitrogens with one attached hydrogen (secondary N) is 3. The van der Waals surface area contributed by atoms with Crippen LogP contribution in [0.5, 0.6) is 0 Å². The Balaban J connectivity index is 1.49. The van der Waals surface area contributed by atoms with Gasteiger partial charge >= 0.3 is 0 Å². The zero-order chi connectivity index (χ0) is 22.3. The molecule has 8 heteroatoms. The largest absolute Gasteiger partial charge is 0.376 e. The van der Waals surface area contributed by atoms with Crippen molar-refractivity contribution in [3.8, 4) is 0 Å². The molecule has 0 fully saturated rings. The fraction of sp³-hybridized carbons (Fsp3) is 0.130. The van der Waals surface area contributed by atoms with Gasteiger partial charge in [-0.05, 0) is 48.9 Å². The van der Waals surface area contributed by atoms with Gasteiger partial charge in [0.15, 0.2) is 9.84 Å². The summed E-state index contributed by atoms with van der Waals surface area (Å²) in [6.45, 7) is 1.97. The molecule has 3 rings (SSSR count). The predicted molar refractivity (Wildman–Crippen MR) is 119 cm³/mol. The number of sulfone groups is 1. The molecule has 0 atom stereocenters. The highest BCUT2D eigenvalue weighted by Crippen LogP contribution is 2.16. The standard InChI is InChI=1S/C23H23N3O4S/c1-17-7-13-20(14-8-17)24-15-22(27)25-26-23(28)19-11-9-18(10-12-19)16-31(29,30)21-5-3-2-4-6-21/h2-14,24H,15-16H2,1H3,(H,25,27)(H,26,28). The summed E-state index contributed by atoms with van der Waals surface area (Å²) in [5.74, 6) is -1.07. The van der Waals surface area contributed by atoms with E-state index in [-0.39, 0.29) is 17.2 Å². The highest BCUT2D eigenvalue weighted by Gasteiger charge is 2.15. The summed E-state index contributed by atoms with van der Waals surface area (Å²) in [4.78, 5) is 24.4. The van der Waals surface area contributed by atoms with Crippen molar-refractivity contribution in [3.63, 3.8) is 0 Å². The summed E-state index contributed by atoms with van der Waals surface area (Å²) >= 11 is 0. The smallest absolute Gasteiger partial charge is 0.269 e. The second-order valence-corrected chi connectivity index (χ2v) is 8.98. The minimum absolute atomic E-state index is 0.000373.